The SMILES string of the molecule is CC1(C)[O+]=C(C=Cc2ccccc2)c2ccccc21. The summed E-state index contributed by atoms with van der Waals surface area (Å²) in [6, 6.07) is 18.7. The number of hydrogen-bond acceptors (Lipinski definition) is 0. The van der Waals surface area contributed by atoms with Crippen LogP contribution in [-0.2, 0) is 5.60 Å². The molecule has 0 radical (unpaired) electrons. The molecule has 1 heterocycles. The normalized spacial score (nSPS) is 16.4. The van der Waals surface area contributed by atoms with Crippen molar-refractivity contribution in [2.24, 2.45) is 0 Å². The number of carbonyl (C=O) groups excluding carboxylic acids is 1. The van der Waals surface area contributed by atoms with Crippen molar-refractivity contribution in [2.45, 2.75) is 19.4 Å². The molecule has 94 valence electrons. The van der Waals surface area contributed by atoms with Gasteiger partial charge in [0, 0.05) is 19.9 Å². The maximum atomic E-state index is 6.07. The van der Waals surface area contributed by atoms with Gasteiger partial charge in [-0.05, 0) is 23.8 Å². The molecule has 1 heteroatoms. The van der Waals surface area contributed by atoms with Crippen LogP contribution in [0.3, 0.4) is 0 Å². The first-order valence-corrected chi connectivity index (χ1v) is 6.56. The van der Waals surface area contributed by atoms with E-state index in [1.54, 1.807) is 0 Å². The van der Waals surface area contributed by atoms with E-state index in [2.05, 4.69) is 62.4 Å². The molecule has 0 aromatic heterocycles. The van der Waals surface area contributed by atoms with Crippen molar-refractivity contribution in [3.63, 3.8) is 0 Å². The van der Waals surface area contributed by atoms with Crippen molar-refractivity contribution in [3.05, 3.63) is 77.4 Å². The number of benzene rings is 2. The van der Waals surface area contributed by atoms with Gasteiger partial charge in [0.05, 0.1) is 11.1 Å². The van der Waals surface area contributed by atoms with Gasteiger partial charge in [0.15, 0.2) is 0 Å². The van der Waals surface area contributed by atoms with Gasteiger partial charge in [-0.3, -0.25) is 0 Å². The smallest absolute Gasteiger partial charge is 0.244 e. The summed E-state index contributed by atoms with van der Waals surface area (Å²) in [5.74, 6) is 0.949. The predicted octanol–water partition coefficient (Wildman–Crippen LogP) is 4.37. The monoisotopic (exact) mass is 249 g/mol. The van der Waals surface area contributed by atoms with Gasteiger partial charge < -0.3 is 0 Å². The molecule has 0 bridgehead atoms. The Balaban J connectivity index is 1.97. The Morgan fingerprint density at radius 2 is 1.53 bits per heavy atom. The second-order valence-corrected chi connectivity index (χ2v) is 5.27. The standard InChI is InChI=1S/C18H17O/c1-18(2)16-11-7-6-10-15(16)17(19-18)13-12-14-8-4-3-5-9-14/h3-13H,1-2H3/q+1. The van der Waals surface area contributed by atoms with E-state index >= 15 is 0 Å². The Kier molecular flexibility index (Phi) is 2.83. The van der Waals surface area contributed by atoms with Gasteiger partial charge in [0.25, 0.3) is 0 Å². The van der Waals surface area contributed by atoms with Crippen LogP contribution in [0.1, 0.15) is 35.0 Å². The van der Waals surface area contributed by atoms with Crippen molar-refractivity contribution in [2.75, 3.05) is 0 Å². The molecule has 19 heavy (non-hydrogen) atoms. The van der Waals surface area contributed by atoms with Crippen LogP contribution >= 0.6 is 0 Å². The van der Waals surface area contributed by atoms with Crippen molar-refractivity contribution >= 4 is 11.9 Å². The van der Waals surface area contributed by atoms with E-state index < -0.39 is 0 Å². The molecular weight excluding hydrogens is 232 g/mol. The van der Waals surface area contributed by atoms with E-state index in [-0.39, 0.29) is 5.60 Å². The summed E-state index contributed by atoms with van der Waals surface area (Å²) in [5.41, 5.74) is 3.38. The zero-order valence-corrected chi connectivity index (χ0v) is 11.3. The molecule has 0 fully saturated rings. The number of allylic oxidation sites excluding steroid dienone is 1. The fourth-order valence-corrected chi connectivity index (χ4v) is 2.47. The third-order valence-corrected chi connectivity index (χ3v) is 3.43. The average Bonchev–Trinajstić information content (AvgIpc) is 2.70. The van der Waals surface area contributed by atoms with Gasteiger partial charge in [-0.25, -0.2) is 4.42 Å². The van der Waals surface area contributed by atoms with E-state index in [1.807, 2.05) is 18.2 Å². The second kappa shape index (κ2) is 4.51. The van der Waals surface area contributed by atoms with Crippen LogP contribution in [0.5, 0.6) is 0 Å². The van der Waals surface area contributed by atoms with Crippen molar-refractivity contribution < 1.29 is 4.42 Å². The van der Waals surface area contributed by atoms with Gasteiger partial charge in [-0.15, -0.1) is 0 Å². The Hall–Kier alpha value is -2.15. The molecule has 0 unspecified atom stereocenters. The predicted molar refractivity (Wildman–Crippen MR) is 79.3 cm³/mol. The van der Waals surface area contributed by atoms with E-state index in [4.69, 9.17) is 4.42 Å². The average molecular weight is 249 g/mol. The summed E-state index contributed by atoms with van der Waals surface area (Å²) < 4.78 is 6.07. The first-order valence-electron chi connectivity index (χ1n) is 6.56. The lowest BCUT2D eigenvalue weighted by atomic mass is 9.94. The van der Waals surface area contributed by atoms with E-state index in [0.717, 1.165) is 5.78 Å². The zero-order valence-electron chi connectivity index (χ0n) is 11.3. The third-order valence-electron chi connectivity index (χ3n) is 3.43. The Bertz CT molecular complexity index is 648. The van der Waals surface area contributed by atoms with Crippen molar-refractivity contribution in [3.8, 4) is 0 Å². The molecule has 0 N–H and O–H groups in total. The summed E-state index contributed by atoms with van der Waals surface area (Å²) in [6.07, 6.45) is 4.15. The number of rotatable bonds is 2. The molecule has 2 aromatic carbocycles. The summed E-state index contributed by atoms with van der Waals surface area (Å²) in [4.78, 5) is 0. The molecule has 3 rings (SSSR count). The third kappa shape index (κ3) is 2.24. The zero-order chi connectivity index (χ0) is 13.3. The lowest BCUT2D eigenvalue weighted by Crippen LogP contribution is -2.10. The molecule has 1 aliphatic rings. The number of hydrogen-bond donors (Lipinski definition) is 0. The highest BCUT2D eigenvalue weighted by atomic mass is 16.4. The minimum atomic E-state index is -0.243. The Labute approximate surface area is 113 Å². The fourth-order valence-electron chi connectivity index (χ4n) is 2.47. The second-order valence-electron chi connectivity index (χ2n) is 5.27. The Morgan fingerprint density at radius 1 is 0.842 bits per heavy atom. The first kappa shape index (κ1) is 11.9. The molecule has 0 spiro atoms. The van der Waals surface area contributed by atoms with Crippen LogP contribution in [-0.4, -0.2) is 5.78 Å². The lowest BCUT2D eigenvalue weighted by molar-refractivity contribution is -0.378. The van der Waals surface area contributed by atoms with Crippen molar-refractivity contribution in [1.29, 1.82) is 0 Å². The molecule has 0 saturated heterocycles. The highest BCUT2D eigenvalue weighted by molar-refractivity contribution is 6.09. The molecule has 0 amide bonds. The van der Waals surface area contributed by atoms with Gasteiger partial charge in [-0.1, -0.05) is 42.5 Å². The molecular formula is C18H17O+. The van der Waals surface area contributed by atoms with Crippen LogP contribution in [0.4, 0.5) is 0 Å². The number of ketones is 1. The summed E-state index contributed by atoms with van der Waals surface area (Å²) in [7, 11) is 0. The fraction of sp³-hybridized carbons (Fsp3) is 0.167. The van der Waals surface area contributed by atoms with Gasteiger partial charge >= 0.3 is 11.4 Å². The quantitative estimate of drug-likeness (QED) is 0.553. The largest absolute Gasteiger partial charge is 0.352 e. The molecule has 1 aliphatic heterocycles. The summed E-state index contributed by atoms with van der Waals surface area (Å²) in [5, 5.41) is 0. The van der Waals surface area contributed by atoms with Gasteiger partial charge in [-0.2, -0.15) is 0 Å². The highest BCUT2D eigenvalue weighted by Crippen LogP contribution is 2.34. The topological polar surface area (TPSA) is 11.3 Å². The number of fused-ring (bicyclic) bond motifs is 1. The molecule has 0 aliphatic carbocycles. The minimum Gasteiger partial charge on any atom is -0.244 e. The van der Waals surface area contributed by atoms with Crippen molar-refractivity contribution in [1.82, 2.24) is 0 Å². The molecule has 1 nitrogen and oxygen atoms in total. The lowest BCUT2D eigenvalue weighted by Gasteiger charge is -2.03. The summed E-state index contributed by atoms with van der Waals surface area (Å²) >= 11 is 0. The van der Waals surface area contributed by atoms with E-state index in [0.29, 0.717) is 0 Å². The first-order chi connectivity index (χ1) is 9.17. The van der Waals surface area contributed by atoms with Crippen LogP contribution in [0, 0.1) is 0 Å². The highest BCUT2D eigenvalue weighted by Gasteiger charge is 2.43. The minimum absolute atomic E-state index is 0.243. The maximum absolute atomic E-state index is 6.07. The van der Waals surface area contributed by atoms with Gasteiger partial charge in [0.2, 0.25) is 0 Å². The van der Waals surface area contributed by atoms with Crippen LogP contribution < -0.4 is 0 Å². The Morgan fingerprint density at radius 3 is 2.32 bits per heavy atom. The van der Waals surface area contributed by atoms with E-state index in [1.165, 1.54) is 16.7 Å². The molecule has 2 aromatic rings. The van der Waals surface area contributed by atoms with Crippen LogP contribution in [0.2, 0.25) is 0 Å². The molecule has 0 atom stereocenters. The van der Waals surface area contributed by atoms with Crippen LogP contribution in [0.15, 0.2) is 60.7 Å². The molecule has 0 saturated carbocycles. The van der Waals surface area contributed by atoms with Gasteiger partial charge in [0.1, 0.15) is 0 Å². The van der Waals surface area contributed by atoms with E-state index in [9.17, 15) is 0 Å². The maximum Gasteiger partial charge on any atom is 0.352 e. The van der Waals surface area contributed by atoms with Crippen LogP contribution in [0.25, 0.3) is 6.08 Å². The summed E-state index contributed by atoms with van der Waals surface area (Å²) in [6.45, 7) is 4.21.